The number of aryl methyl sites for hydroxylation is 2. The van der Waals surface area contributed by atoms with Crippen molar-refractivity contribution in [1.29, 1.82) is 0 Å². The van der Waals surface area contributed by atoms with Gasteiger partial charge in [-0.15, -0.1) is 0 Å². The Morgan fingerprint density at radius 2 is 1.90 bits per heavy atom. The number of benzene rings is 2. The molecule has 2 heterocycles. The number of carbonyl (C=O) groups is 1. The van der Waals surface area contributed by atoms with Gasteiger partial charge in [0.1, 0.15) is 0 Å². The molecule has 1 amide bonds. The van der Waals surface area contributed by atoms with E-state index in [2.05, 4.69) is 40.3 Å². The van der Waals surface area contributed by atoms with Crippen molar-refractivity contribution in [2.24, 2.45) is 0 Å². The van der Waals surface area contributed by atoms with Crippen molar-refractivity contribution in [3.05, 3.63) is 86.0 Å². The summed E-state index contributed by atoms with van der Waals surface area (Å²) in [5, 5.41) is 7.37. The first-order valence-electron chi connectivity index (χ1n) is 10.1. The normalized spacial score (nSPS) is 17.3. The SMILES string of the molecule is CCc1ccc(N[C@H]2NC(=O)/C(=C/c3cc(C)n(-c4cccc(Cl)c4Cl)c3C)S2)cc1. The van der Waals surface area contributed by atoms with Gasteiger partial charge in [-0.3, -0.25) is 4.79 Å². The molecule has 1 atom stereocenters. The maximum Gasteiger partial charge on any atom is 0.260 e. The second-order valence-electron chi connectivity index (χ2n) is 7.41. The first-order valence-corrected chi connectivity index (χ1v) is 11.7. The van der Waals surface area contributed by atoms with Gasteiger partial charge in [-0.2, -0.15) is 0 Å². The van der Waals surface area contributed by atoms with Gasteiger partial charge in [0, 0.05) is 17.1 Å². The fourth-order valence-corrected chi connectivity index (χ4v) is 5.02. The Hall–Kier alpha value is -2.34. The molecule has 0 aliphatic carbocycles. The summed E-state index contributed by atoms with van der Waals surface area (Å²) in [5.41, 5.74) is 5.86. The molecule has 0 unspecified atom stereocenters. The molecular weight excluding hydrogens is 449 g/mol. The predicted octanol–water partition coefficient (Wildman–Crippen LogP) is 6.56. The summed E-state index contributed by atoms with van der Waals surface area (Å²) in [6.07, 6.45) is 2.93. The van der Waals surface area contributed by atoms with Crippen LogP contribution in [0.15, 0.2) is 53.4 Å². The summed E-state index contributed by atoms with van der Waals surface area (Å²) in [7, 11) is 0. The zero-order valence-corrected chi connectivity index (χ0v) is 19.8. The number of hydrogen-bond donors (Lipinski definition) is 2. The van der Waals surface area contributed by atoms with E-state index in [0.717, 1.165) is 34.7 Å². The van der Waals surface area contributed by atoms with Crippen LogP contribution < -0.4 is 10.6 Å². The summed E-state index contributed by atoms with van der Waals surface area (Å²) < 4.78 is 2.06. The molecule has 0 bridgehead atoms. The fraction of sp³-hybridized carbons (Fsp3) is 0.208. The highest BCUT2D eigenvalue weighted by molar-refractivity contribution is 8.05. The van der Waals surface area contributed by atoms with Gasteiger partial charge in [-0.05, 0) is 67.8 Å². The van der Waals surface area contributed by atoms with Crippen molar-refractivity contribution in [1.82, 2.24) is 9.88 Å². The van der Waals surface area contributed by atoms with Crippen LogP contribution in [0, 0.1) is 13.8 Å². The van der Waals surface area contributed by atoms with Crippen LogP contribution >= 0.6 is 35.0 Å². The topological polar surface area (TPSA) is 46.1 Å². The monoisotopic (exact) mass is 471 g/mol. The van der Waals surface area contributed by atoms with Gasteiger partial charge in [0.05, 0.1) is 20.6 Å². The van der Waals surface area contributed by atoms with Crippen LogP contribution in [-0.4, -0.2) is 16.0 Å². The smallest absolute Gasteiger partial charge is 0.260 e. The lowest BCUT2D eigenvalue weighted by molar-refractivity contribution is -0.116. The molecule has 0 spiro atoms. The summed E-state index contributed by atoms with van der Waals surface area (Å²) in [6, 6.07) is 15.9. The average molecular weight is 472 g/mol. The van der Waals surface area contributed by atoms with E-state index in [1.807, 2.05) is 44.2 Å². The first kappa shape index (κ1) is 21.9. The number of rotatable bonds is 5. The third kappa shape index (κ3) is 4.49. The molecule has 0 saturated carbocycles. The second kappa shape index (κ2) is 9.03. The number of thioether (sulfide) groups is 1. The maximum atomic E-state index is 12.6. The van der Waals surface area contributed by atoms with Gasteiger partial charge in [0.15, 0.2) is 5.50 Å². The molecule has 0 radical (unpaired) electrons. The minimum Gasteiger partial charge on any atom is -0.357 e. The second-order valence-corrected chi connectivity index (χ2v) is 9.34. The highest BCUT2D eigenvalue weighted by Crippen LogP contribution is 2.34. The minimum absolute atomic E-state index is 0.0849. The predicted molar refractivity (Wildman–Crippen MR) is 132 cm³/mol. The van der Waals surface area contributed by atoms with E-state index in [1.54, 1.807) is 6.07 Å². The molecule has 1 aliphatic rings. The number of amides is 1. The Balaban J connectivity index is 1.57. The number of carbonyl (C=O) groups excluding carboxylic acids is 1. The van der Waals surface area contributed by atoms with E-state index in [4.69, 9.17) is 23.2 Å². The van der Waals surface area contributed by atoms with Crippen molar-refractivity contribution in [3.8, 4) is 5.69 Å². The van der Waals surface area contributed by atoms with E-state index in [1.165, 1.54) is 17.3 Å². The number of anilines is 1. The van der Waals surface area contributed by atoms with E-state index >= 15 is 0 Å². The third-order valence-corrected chi connectivity index (χ3v) is 7.16. The van der Waals surface area contributed by atoms with Gasteiger partial charge >= 0.3 is 0 Å². The molecule has 4 rings (SSSR count). The van der Waals surface area contributed by atoms with Crippen LogP contribution in [-0.2, 0) is 11.2 Å². The van der Waals surface area contributed by atoms with Gasteiger partial charge in [0.2, 0.25) is 0 Å². The van der Waals surface area contributed by atoms with Gasteiger partial charge in [0.25, 0.3) is 5.91 Å². The lowest BCUT2D eigenvalue weighted by atomic mass is 10.1. The third-order valence-electron chi connectivity index (χ3n) is 5.32. The van der Waals surface area contributed by atoms with Crippen molar-refractivity contribution in [2.75, 3.05) is 5.32 Å². The van der Waals surface area contributed by atoms with Crippen molar-refractivity contribution in [2.45, 2.75) is 32.7 Å². The zero-order valence-electron chi connectivity index (χ0n) is 17.5. The van der Waals surface area contributed by atoms with Crippen LogP contribution in [0.25, 0.3) is 11.8 Å². The van der Waals surface area contributed by atoms with Crippen molar-refractivity contribution in [3.63, 3.8) is 0 Å². The highest BCUT2D eigenvalue weighted by Gasteiger charge is 2.27. The molecule has 1 aromatic heterocycles. The van der Waals surface area contributed by atoms with E-state index in [9.17, 15) is 4.79 Å². The van der Waals surface area contributed by atoms with Crippen molar-refractivity contribution < 1.29 is 4.79 Å². The summed E-state index contributed by atoms with van der Waals surface area (Å²) in [4.78, 5) is 13.2. The lowest BCUT2D eigenvalue weighted by Crippen LogP contribution is -2.30. The van der Waals surface area contributed by atoms with Crippen molar-refractivity contribution >= 4 is 52.6 Å². The molecule has 1 saturated heterocycles. The molecule has 1 aliphatic heterocycles. The van der Waals surface area contributed by atoms with Crippen LogP contribution in [0.3, 0.4) is 0 Å². The molecule has 3 aromatic rings. The van der Waals surface area contributed by atoms with Gasteiger partial charge in [-0.25, -0.2) is 0 Å². The molecular formula is C24H23Cl2N3OS. The summed E-state index contributed by atoms with van der Waals surface area (Å²) in [5.74, 6) is -0.0849. The molecule has 7 heteroatoms. The Kier molecular flexibility index (Phi) is 6.37. The Bertz CT molecular complexity index is 1170. The molecule has 4 nitrogen and oxygen atoms in total. The lowest BCUT2D eigenvalue weighted by Gasteiger charge is -2.13. The summed E-state index contributed by atoms with van der Waals surface area (Å²) >= 11 is 14.1. The Morgan fingerprint density at radius 3 is 2.61 bits per heavy atom. The number of halogens is 2. The zero-order chi connectivity index (χ0) is 22.1. The van der Waals surface area contributed by atoms with Crippen LogP contribution in [0.5, 0.6) is 0 Å². The largest absolute Gasteiger partial charge is 0.357 e. The maximum absolute atomic E-state index is 12.6. The molecule has 2 aromatic carbocycles. The fourth-order valence-electron chi connectivity index (χ4n) is 3.66. The average Bonchev–Trinajstić information content (AvgIpc) is 3.23. The number of nitrogens with zero attached hydrogens (tertiary/aromatic N) is 1. The summed E-state index contributed by atoms with van der Waals surface area (Å²) in [6.45, 7) is 6.15. The standard InChI is InChI=1S/C24H23Cl2N3OS/c1-4-16-8-10-18(11-9-16)27-24-28-23(30)21(31-24)13-17-12-14(2)29(15(17)3)20-7-5-6-19(25)22(20)26/h5-13,24,27H,4H2,1-3H3,(H,28,30)/b21-13-/t24-/m0/s1. The molecule has 2 N–H and O–H groups in total. The first-order chi connectivity index (χ1) is 14.9. The van der Waals surface area contributed by atoms with E-state index in [-0.39, 0.29) is 11.4 Å². The van der Waals surface area contributed by atoms with E-state index < -0.39 is 0 Å². The quantitative estimate of drug-likeness (QED) is 0.413. The number of aromatic nitrogens is 1. The van der Waals surface area contributed by atoms with Gasteiger partial charge < -0.3 is 15.2 Å². The minimum atomic E-state index is -0.211. The molecule has 160 valence electrons. The van der Waals surface area contributed by atoms with E-state index in [0.29, 0.717) is 15.0 Å². The molecule has 31 heavy (non-hydrogen) atoms. The number of nitrogens with one attached hydrogen (secondary N) is 2. The van der Waals surface area contributed by atoms with Crippen LogP contribution in [0.1, 0.15) is 29.4 Å². The highest BCUT2D eigenvalue weighted by atomic mass is 35.5. The molecule has 1 fully saturated rings. The van der Waals surface area contributed by atoms with Crippen LogP contribution in [0.2, 0.25) is 10.0 Å². The Morgan fingerprint density at radius 1 is 1.16 bits per heavy atom. The Labute approximate surface area is 196 Å². The van der Waals surface area contributed by atoms with Gasteiger partial charge in [-0.1, -0.05) is 60.1 Å². The number of hydrogen-bond acceptors (Lipinski definition) is 3. The van der Waals surface area contributed by atoms with Crippen LogP contribution in [0.4, 0.5) is 5.69 Å².